The highest BCUT2D eigenvalue weighted by atomic mass is 35.5. The molecule has 0 radical (unpaired) electrons. The number of hydrogen-bond donors (Lipinski definition) is 2. The molecule has 16 heavy (non-hydrogen) atoms. The lowest BCUT2D eigenvalue weighted by atomic mass is 10.1. The summed E-state index contributed by atoms with van der Waals surface area (Å²) >= 11 is 12.2. The first kappa shape index (κ1) is 11.6. The van der Waals surface area contributed by atoms with Gasteiger partial charge < -0.3 is 15.5 Å². The minimum atomic E-state index is 0.429. The number of hydrogen-bond acceptors (Lipinski definition) is 2. The maximum Gasteiger partial charge on any atom is 0.139 e. The molecular weight excluding hydrogens is 247 g/mol. The van der Waals surface area contributed by atoms with Crippen molar-refractivity contribution in [3.8, 4) is 5.75 Å². The molecule has 0 aliphatic rings. The van der Waals surface area contributed by atoms with E-state index in [4.69, 9.17) is 33.7 Å². The smallest absolute Gasteiger partial charge is 0.139 e. The Morgan fingerprint density at radius 1 is 1.38 bits per heavy atom. The molecule has 0 aliphatic carbocycles. The Morgan fingerprint density at radius 3 is 2.75 bits per heavy atom. The largest absolute Gasteiger partial charge is 0.495 e. The van der Waals surface area contributed by atoms with E-state index in [-0.39, 0.29) is 0 Å². The fourth-order valence-electron chi connectivity index (χ4n) is 1.75. The Balaban J connectivity index is 2.69. The molecule has 0 spiro atoms. The van der Waals surface area contributed by atoms with Crippen molar-refractivity contribution in [1.82, 2.24) is 4.98 Å². The van der Waals surface area contributed by atoms with Crippen LogP contribution in [0.1, 0.15) is 5.56 Å². The maximum atomic E-state index is 6.15. The van der Waals surface area contributed by atoms with Crippen LogP contribution in [0, 0.1) is 0 Å². The third-order valence-corrected chi connectivity index (χ3v) is 3.39. The van der Waals surface area contributed by atoms with E-state index in [9.17, 15) is 0 Å². The van der Waals surface area contributed by atoms with Crippen molar-refractivity contribution in [2.75, 3.05) is 13.7 Å². The van der Waals surface area contributed by atoms with Crippen LogP contribution in [-0.4, -0.2) is 18.6 Å². The summed E-state index contributed by atoms with van der Waals surface area (Å²) < 4.78 is 5.17. The summed E-state index contributed by atoms with van der Waals surface area (Å²) in [4.78, 5) is 3.11. The van der Waals surface area contributed by atoms with Gasteiger partial charge in [0.1, 0.15) is 10.8 Å². The Morgan fingerprint density at radius 2 is 2.12 bits per heavy atom. The minimum Gasteiger partial charge on any atom is -0.495 e. The highest BCUT2D eigenvalue weighted by Crippen LogP contribution is 2.39. The van der Waals surface area contributed by atoms with E-state index in [0.29, 0.717) is 22.3 Å². The molecule has 2 aromatic rings. The molecule has 0 saturated carbocycles. The zero-order chi connectivity index (χ0) is 11.7. The third kappa shape index (κ3) is 1.75. The molecule has 86 valence electrons. The summed E-state index contributed by atoms with van der Waals surface area (Å²) in [6, 6.07) is 1.88. The molecule has 1 heterocycles. The van der Waals surface area contributed by atoms with Gasteiger partial charge in [0.05, 0.1) is 17.6 Å². The number of H-pyrrole nitrogens is 1. The van der Waals surface area contributed by atoms with Crippen LogP contribution in [0.15, 0.2) is 12.3 Å². The van der Waals surface area contributed by atoms with Gasteiger partial charge in [-0.15, -0.1) is 0 Å². The molecule has 1 aromatic heterocycles. The summed E-state index contributed by atoms with van der Waals surface area (Å²) in [5, 5.41) is 1.92. The Kier molecular flexibility index (Phi) is 3.28. The van der Waals surface area contributed by atoms with Gasteiger partial charge in [-0.3, -0.25) is 0 Å². The number of nitrogens with two attached hydrogens (primary N) is 1. The molecule has 5 heteroatoms. The van der Waals surface area contributed by atoms with Crippen LogP contribution in [0.5, 0.6) is 5.75 Å². The number of aromatic amines is 1. The fourth-order valence-corrected chi connectivity index (χ4v) is 2.22. The summed E-state index contributed by atoms with van der Waals surface area (Å²) in [7, 11) is 1.57. The molecule has 0 fully saturated rings. The second-order valence-electron chi connectivity index (χ2n) is 3.48. The number of ether oxygens (including phenoxy) is 1. The average Bonchev–Trinajstić information content (AvgIpc) is 2.67. The van der Waals surface area contributed by atoms with E-state index in [0.717, 1.165) is 22.9 Å². The van der Waals surface area contributed by atoms with Crippen LogP contribution in [0.2, 0.25) is 10.0 Å². The highest BCUT2D eigenvalue weighted by Gasteiger charge is 2.14. The van der Waals surface area contributed by atoms with E-state index in [1.165, 1.54) is 0 Å². The van der Waals surface area contributed by atoms with Gasteiger partial charge in [0, 0.05) is 11.6 Å². The quantitative estimate of drug-likeness (QED) is 0.890. The van der Waals surface area contributed by atoms with Gasteiger partial charge in [-0.25, -0.2) is 0 Å². The SMILES string of the molecule is COc1cc2c(CCN)c[nH]c2c(Cl)c1Cl. The first-order valence-corrected chi connectivity index (χ1v) is 5.66. The predicted molar refractivity (Wildman–Crippen MR) is 67.6 cm³/mol. The van der Waals surface area contributed by atoms with Crippen LogP contribution < -0.4 is 10.5 Å². The van der Waals surface area contributed by atoms with E-state index in [1.807, 2.05) is 12.3 Å². The normalized spacial score (nSPS) is 11.0. The lowest BCUT2D eigenvalue weighted by molar-refractivity contribution is 0.415. The molecule has 2 rings (SSSR count). The van der Waals surface area contributed by atoms with Crippen LogP contribution in [-0.2, 0) is 6.42 Å². The number of nitrogens with one attached hydrogen (secondary N) is 1. The molecule has 0 bridgehead atoms. The summed E-state index contributed by atoms with van der Waals surface area (Å²) in [6.45, 7) is 0.593. The first-order chi connectivity index (χ1) is 7.69. The van der Waals surface area contributed by atoms with Crippen molar-refractivity contribution in [3.63, 3.8) is 0 Å². The predicted octanol–water partition coefficient (Wildman–Crippen LogP) is 2.98. The number of rotatable bonds is 3. The molecule has 0 unspecified atom stereocenters. The molecule has 0 amide bonds. The molecular formula is C11H12Cl2N2O. The zero-order valence-corrected chi connectivity index (χ0v) is 10.3. The number of aromatic nitrogens is 1. The van der Waals surface area contributed by atoms with E-state index < -0.39 is 0 Å². The minimum absolute atomic E-state index is 0.429. The summed E-state index contributed by atoms with van der Waals surface area (Å²) in [6.07, 6.45) is 2.69. The second-order valence-corrected chi connectivity index (χ2v) is 4.24. The van der Waals surface area contributed by atoms with Gasteiger partial charge in [-0.1, -0.05) is 23.2 Å². The van der Waals surface area contributed by atoms with E-state index >= 15 is 0 Å². The Bertz CT molecular complexity index is 522. The number of halogens is 2. The summed E-state index contributed by atoms with van der Waals surface area (Å²) in [5.74, 6) is 0.581. The molecule has 0 saturated heterocycles. The molecule has 3 nitrogen and oxygen atoms in total. The van der Waals surface area contributed by atoms with Crippen molar-refractivity contribution in [1.29, 1.82) is 0 Å². The highest BCUT2D eigenvalue weighted by molar-refractivity contribution is 6.46. The van der Waals surface area contributed by atoms with E-state index in [2.05, 4.69) is 4.98 Å². The standard InChI is InChI=1S/C11H12Cl2N2O/c1-16-8-4-7-6(2-3-14)5-15-11(7)10(13)9(8)12/h4-5,15H,2-3,14H2,1H3. The third-order valence-electron chi connectivity index (χ3n) is 2.54. The fraction of sp³-hybridized carbons (Fsp3) is 0.273. The van der Waals surface area contributed by atoms with Crippen molar-refractivity contribution in [2.45, 2.75) is 6.42 Å². The van der Waals surface area contributed by atoms with Gasteiger partial charge >= 0.3 is 0 Å². The molecule has 3 N–H and O–H groups in total. The zero-order valence-electron chi connectivity index (χ0n) is 8.81. The number of benzene rings is 1. The van der Waals surface area contributed by atoms with Gasteiger partial charge in [0.2, 0.25) is 0 Å². The monoisotopic (exact) mass is 258 g/mol. The van der Waals surface area contributed by atoms with Crippen molar-refractivity contribution < 1.29 is 4.74 Å². The maximum absolute atomic E-state index is 6.15. The first-order valence-electron chi connectivity index (χ1n) is 4.91. The Hall–Kier alpha value is -0.900. The van der Waals surface area contributed by atoms with Crippen LogP contribution in [0.3, 0.4) is 0 Å². The van der Waals surface area contributed by atoms with Gasteiger partial charge in [0.15, 0.2) is 0 Å². The second kappa shape index (κ2) is 4.53. The average molecular weight is 259 g/mol. The van der Waals surface area contributed by atoms with Gasteiger partial charge in [-0.2, -0.15) is 0 Å². The molecule has 0 atom stereocenters. The van der Waals surface area contributed by atoms with Gasteiger partial charge in [-0.05, 0) is 24.6 Å². The van der Waals surface area contributed by atoms with Crippen LogP contribution in [0.25, 0.3) is 10.9 Å². The molecule has 1 aromatic carbocycles. The lowest BCUT2D eigenvalue weighted by Crippen LogP contribution is -2.01. The van der Waals surface area contributed by atoms with Crippen LogP contribution in [0.4, 0.5) is 0 Å². The lowest BCUT2D eigenvalue weighted by Gasteiger charge is -2.06. The number of fused-ring (bicyclic) bond motifs is 1. The van der Waals surface area contributed by atoms with Crippen LogP contribution >= 0.6 is 23.2 Å². The number of methoxy groups -OCH3 is 1. The van der Waals surface area contributed by atoms with Crippen molar-refractivity contribution >= 4 is 34.1 Å². The molecule has 0 aliphatic heterocycles. The Labute approximate surface area is 103 Å². The summed E-state index contributed by atoms with van der Waals surface area (Å²) in [5.41, 5.74) is 7.49. The van der Waals surface area contributed by atoms with E-state index in [1.54, 1.807) is 7.11 Å². The van der Waals surface area contributed by atoms with Crippen molar-refractivity contribution in [3.05, 3.63) is 27.9 Å². The van der Waals surface area contributed by atoms with Crippen molar-refractivity contribution in [2.24, 2.45) is 5.73 Å². The topological polar surface area (TPSA) is 51.0 Å². The van der Waals surface area contributed by atoms with Gasteiger partial charge in [0.25, 0.3) is 0 Å².